The van der Waals surface area contributed by atoms with Crippen LogP contribution in [0, 0.1) is 11.2 Å². The Hall–Kier alpha value is -1.43. The molecular formula is C14H19FN4S. The Labute approximate surface area is 122 Å². The van der Waals surface area contributed by atoms with Crippen LogP contribution in [-0.4, -0.2) is 18.3 Å². The quantitative estimate of drug-likeness (QED) is 0.379. The van der Waals surface area contributed by atoms with E-state index in [1.165, 1.54) is 12.1 Å². The van der Waals surface area contributed by atoms with Gasteiger partial charge in [0.2, 0.25) is 5.96 Å². The molecule has 6 heteroatoms. The summed E-state index contributed by atoms with van der Waals surface area (Å²) in [5.74, 6) is 0.774. The van der Waals surface area contributed by atoms with Crippen LogP contribution in [-0.2, 0) is 0 Å². The Kier molecular flexibility index (Phi) is 5.52. The summed E-state index contributed by atoms with van der Waals surface area (Å²) in [6, 6.07) is 4.65. The number of hydrogen-bond acceptors (Lipinski definition) is 3. The number of guanidine groups is 1. The molecule has 4 nitrogen and oxygen atoms in total. The van der Waals surface area contributed by atoms with Crippen LogP contribution < -0.4 is 5.32 Å². The second-order valence-electron chi connectivity index (χ2n) is 4.68. The van der Waals surface area contributed by atoms with Gasteiger partial charge in [0.25, 0.3) is 0 Å². The largest absolute Gasteiger partial charge is 0.353 e. The van der Waals surface area contributed by atoms with Crippen molar-refractivity contribution in [1.29, 1.82) is 5.41 Å². The normalized spacial score (nSPS) is 18.0. The molecule has 1 aliphatic heterocycles. The summed E-state index contributed by atoms with van der Waals surface area (Å²) in [6.07, 6.45) is 2.91. The molecule has 0 aliphatic carbocycles. The van der Waals surface area contributed by atoms with Crippen molar-refractivity contribution in [3.8, 4) is 0 Å². The first-order valence-corrected chi connectivity index (χ1v) is 7.84. The molecule has 0 bridgehead atoms. The molecule has 1 aliphatic rings. The summed E-state index contributed by atoms with van der Waals surface area (Å²) in [5.41, 5.74) is 0.881. The Morgan fingerprint density at radius 3 is 3.20 bits per heavy atom. The van der Waals surface area contributed by atoms with Gasteiger partial charge >= 0.3 is 0 Å². The number of halogens is 1. The smallest absolute Gasteiger partial charge is 0.234 e. The molecule has 1 unspecified atom stereocenters. The molecule has 0 fully saturated rings. The van der Waals surface area contributed by atoms with Crippen LogP contribution >= 0.6 is 11.8 Å². The molecule has 2 N–H and O–H groups in total. The van der Waals surface area contributed by atoms with Crippen LogP contribution in [0.15, 0.2) is 33.3 Å². The molecule has 0 radical (unpaired) electrons. The predicted molar refractivity (Wildman–Crippen MR) is 80.0 cm³/mol. The number of unbranched alkanes of at least 4 members (excludes halogenated alkanes) is 1. The van der Waals surface area contributed by atoms with E-state index in [-0.39, 0.29) is 17.8 Å². The van der Waals surface area contributed by atoms with Crippen molar-refractivity contribution in [3.63, 3.8) is 0 Å². The first kappa shape index (κ1) is 15.0. The number of fused-ring (bicyclic) bond motifs is 1. The Balaban J connectivity index is 2.00. The van der Waals surface area contributed by atoms with Gasteiger partial charge in [0, 0.05) is 17.2 Å². The maximum absolute atomic E-state index is 13.3. The van der Waals surface area contributed by atoms with Gasteiger partial charge in [0.15, 0.2) is 0 Å². The fourth-order valence-corrected chi connectivity index (χ4v) is 3.10. The number of benzene rings is 1. The maximum atomic E-state index is 13.3. The zero-order valence-corrected chi connectivity index (χ0v) is 12.3. The highest BCUT2D eigenvalue weighted by atomic mass is 32.2. The second kappa shape index (κ2) is 7.38. The first-order valence-electron chi connectivity index (χ1n) is 6.86. The van der Waals surface area contributed by atoms with Crippen molar-refractivity contribution < 1.29 is 4.39 Å². The van der Waals surface area contributed by atoms with Crippen molar-refractivity contribution in [1.82, 2.24) is 5.32 Å². The molecule has 1 heterocycles. The van der Waals surface area contributed by atoms with E-state index >= 15 is 0 Å². The summed E-state index contributed by atoms with van der Waals surface area (Å²) in [7, 11) is 0. The van der Waals surface area contributed by atoms with Gasteiger partial charge in [-0.15, -0.1) is 16.9 Å². The van der Waals surface area contributed by atoms with Gasteiger partial charge < -0.3 is 5.32 Å². The molecule has 108 valence electrons. The average molecular weight is 294 g/mol. The van der Waals surface area contributed by atoms with Crippen LogP contribution in [0.5, 0.6) is 0 Å². The second-order valence-corrected chi connectivity index (χ2v) is 5.82. The number of thioether (sulfide) groups is 1. The lowest BCUT2D eigenvalue weighted by Gasteiger charge is -2.20. The molecule has 20 heavy (non-hydrogen) atoms. The number of nitrogens with one attached hydrogen (secondary N) is 2. The highest BCUT2D eigenvalue weighted by Crippen LogP contribution is 2.38. The maximum Gasteiger partial charge on any atom is 0.234 e. The van der Waals surface area contributed by atoms with Gasteiger partial charge in [-0.25, -0.2) is 4.39 Å². The zero-order valence-electron chi connectivity index (χ0n) is 11.5. The van der Waals surface area contributed by atoms with Gasteiger partial charge in [0.1, 0.15) is 5.82 Å². The van der Waals surface area contributed by atoms with E-state index < -0.39 is 0 Å². The minimum Gasteiger partial charge on any atom is -0.353 e. The molecular weight excluding hydrogens is 275 g/mol. The Bertz CT molecular complexity index is 504. The monoisotopic (exact) mass is 294 g/mol. The van der Waals surface area contributed by atoms with Crippen LogP contribution in [0.2, 0.25) is 0 Å². The highest BCUT2D eigenvalue weighted by Gasteiger charge is 2.21. The van der Waals surface area contributed by atoms with Crippen LogP contribution in [0.25, 0.3) is 0 Å². The lowest BCUT2D eigenvalue weighted by molar-refractivity contribution is 0.602. The third-order valence-corrected chi connectivity index (χ3v) is 4.22. The van der Waals surface area contributed by atoms with E-state index in [0.29, 0.717) is 0 Å². The standard InChI is InChI=1S/C14H19FN4S/c1-2-3-7-17-14(16)19-18-12-6-8-20-13-5-4-10(15)9-11(12)13/h4-5,9,12H,2-3,6-8H2,1H3,(H2,16,17). The number of nitrogens with zero attached hydrogens (tertiary/aromatic N) is 2. The summed E-state index contributed by atoms with van der Waals surface area (Å²) < 4.78 is 13.3. The van der Waals surface area contributed by atoms with Crippen LogP contribution in [0.3, 0.4) is 0 Å². The van der Waals surface area contributed by atoms with E-state index in [2.05, 4.69) is 22.5 Å². The first-order chi connectivity index (χ1) is 9.70. The topological polar surface area (TPSA) is 60.6 Å². The summed E-state index contributed by atoms with van der Waals surface area (Å²) >= 11 is 1.71. The van der Waals surface area contributed by atoms with Crippen LogP contribution in [0.1, 0.15) is 37.8 Å². The lowest BCUT2D eigenvalue weighted by Crippen LogP contribution is -2.21. The molecule has 0 saturated carbocycles. The van der Waals surface area contributed by atoms with E-state index in [1.54, 1.807) is 17.8 Å². The van der Waals surface area contributed by atoms with Crippen LogP contribution in [0.4, 0.5) is 4.39 Å². The van der Waals surface area contributed by atoms with Crippen molar-refractivity contribution in [2.75, 3.05) is 12.3 Å². The third-order valence-electron chi connectivity index (χ3n) is 3.10. The summed E-state index contributed by atoms with van der Waals surface area (Å²) in [5, 5.41) is 18.7. The SMILES string of the molecule is CCCCNC(=N)N=NC1CCSc2ccc(F)cc21. The minimum absolute atomic E-state index is 0.0784. The fourth-order valence-electron chi connectivity index (χ4n) is 2.01. The van der Waals surface area contributed by atoms with Gasteiger partial charge in [0.05, 0.1) is 6.04 Å². The minimum atomic E-state index is -0.248. The van der Waals surface area contributed by atoms with E-state index in [4.69, 9.17) is 5.41 Å². The Morgan fingerprint density at radius 2 is 2.40 bits per heavy atom. The molecule has 0 aromatic heterocycles. The fraction of sp³-hybridized carbons (Fsp3) is 0.500. The molecule has 1 atom stereocenters. The highest BCUT2D eigenvalue weighted by molar-refractivity contribution is 7.99. The van der Waals surface area contributed by atoms with Gasteiger partial charge in [-0.3, -0.25) is 5.41 Å². The summed E-state index contributed by atoms with van der Waals surface area (Å²) in [4.78, 5) is 1.06. The predicted octanol–water partition coefficient (Wildman–Crippen LogP) is 4.14. The molecule has 0 spiro atoms. The zero-order chi connectivity index (χ0) is 14.4. The van der Waals surface area contributed by atoms with E-state index in [9.17, 15) is 4.39 Å². The van der Waals surface area contributed by atoms with Gasteiger partial charge in [-0.1, -0.05) is 13.3 Å². The van der Waals surface area contributed by atoms with E-state index in [0.717, 1.165) is 42.0 Å². The molecule has 0 saturated heterocycles. The average Bonchev–Trinajstić information content (AvgIpc) is 2.45. The molecule has 2 rings (SSSR count). The number of azo groups is 1. The van der Waals surface area contributed by atoms with E-state index in [1.807, 2.05) is 0 Å². The van der Waals surface area contributed by atoms with Gasteiger partial charge in [-0.2, -0.15) is 5.11 Å². The molecule has 1 aromatic carbocycles. The van der Waals surface area contributed by atoms with Crippen molar-refractivity contribution >= 4 is 17.7 Å². The van der Waals surface area contributed by atoms with Gasteiger partial charge in [-0.05, 0) is 36.6 Å². The number of hydrogen-bond donors (Lipinski definition) is 2. The summed E-state index contributed by atoms with van der Waals surface area (Å²) in [6.45, 7) is 2.83. The van der Waals surface area contributed by atoms with Crippen molar-refractivity contribution in [3.05, 3.63) is 29.6 Å². The third kappa shape index (κ3) is 4.03. The van der Waals surface area contributed by atoms with Crippen molar-refractivity contribution in [2.24, 2.45) is 10.2 Å². The van der Waals surface area contributed by atoms with Crippen molar-refractivity contribution in [2.45, 2.75) is 37.1 Å². The molecule has 1 aromatic rings. The lowest BCUT2D eigenvalue weighted by atomic mass is 10.0. The number of rotatable bonds is 4. The molecule has 0 amide bonds. The Morgan fingerprint density at radius 1 is 1.55 bits per heavy atom.